The topological polar surface area (TPSA) is 65.4 Å². The second kappa shape index (κ2) is 6.37. The number of benzene rings is 2. The smallest absolute Gasteiger partial charge is 0.267 e. The number of para-hydroxylation sites is 1. The van der Waals surface area contributed by atoms with E-state index < -0.39 is 6.10 Å². The van der Waals surface area contributed by atoms with E-state index in [-0.39, 0.29) is 12.0 Å². The summed E-state index contributed by atoms with van der Waals surface area (Å²) in [7, 11) is 1.85. The van der Waals surface area contributed by atoms with E-state index in [9.17, 15) is 4.79 Å². The van der Waals surface area contributed by atoms with Gasteiger partial charge in [-0.25, -0.2) is 0 Å². The van der Waals surface area contributed by atoms with Gasteiger partial charge in [0.1, 0.15) is 11.5 Å². The van der Waals surface area contributed by atoms with Gasteiger partial charge in [0, 0.05) is 13.5 Å². The molecular formula is C20H21N3O3. The van der Waals surface area contributed by atoms with Crippen molar-refractivity contribution in [3.05, 3.63) is 48.0 Å². The average molecular weight is 351 g/mol. The third-order valence-electron chi connectivity index (χ3n) is 4.38. The van der Waals surface area contributed by atoms with Crippen LogP contribution < -0.4 is 14.8 Å². The molecule has 1 aliphatic heterocycles. The van der Waals surface area contributed by atoms with Crippen molar-refractivity contribution in [2.75, 3.05) is 5.32 Å². The molecule has 0 bridgehead atoms. The van der Waals surface area contributed by atoms with Gasteiger partial charge in [-0.1, -0.05) is 24.3 Å². The highest BCUT2D eigenvalue weighted by molar-refractivity contribution is 6.04. The molecule has 2 aromatic carbocycles. The molecule has 0 saturated carbocycles. The van der Waals surface area contributed by atoms with Gasteiger partial charge < -0.3 is 14.8 Å². The van der Waals surface area contributed by atoms with Crippen molar-refractivity contribution < 1.29 is 14.3 Å². The van der Waals surface area contributed by atoms with Crippen LogP contribution in [0, 0.1) is 0 Å². The van der Waals surface area contributed by atoms with Crippen molar-refractivity contribution >= 4 is 22.6 Å². The minimum Gasteiger partial charge on any atom is -0.490 e. The maximum Gasteiger partial charge on any atom is 0.267 e. The Morgan fingerprint density at radius 2 is 2.08 bits per heavy atom. The largest absolute Gasteiger partial charge is 0.490 e. The van der Waals surface area contributed by atoms with Gasteiger partial charge in [-0.2, -0.15) is 5.10 Å². The lowest BCUT2D eigenvalue weighted by atomic mass is 10.1. The number of nitrogens with zero attached hydrogens (tertiary/aromatic N) is 2. The Balaban J connectivity index is 1.62. The molecule has 1 aromatic heterocycles. The lowest BCUT2D eigenvalue weighted by Gasteiger charge is -2.13. The Morgan fingerprint density at radius 1 is 1.27 bits per heavy atom. The number of carbonyl (C=O) groups is 1. The van der Waals surface area contributed by atoms with Crippen molar-refractivity contribution in [2.45, 2.75) is 32.5 Å². The van der Waals surface area contributed by atoms with Crippen LogP contribution in [0.3, 0.4) is 0 Å². The SMILES string of the molecule is CC(C)Oc1cccc2c1c(NC(=O)C1Cc3ccccc3O1)nn2C. The van der Waals surface area contributed by atoms with Gasteiger partial charge in [0.25, 0.3) is 5.91 Å². The lowest BCUT2D eigenvalue weighted by molar-refractivity contribution is -0.122. The zero-order valence-corrected chi connectivity index (χ0v) is 15.0. The van der Waals surface area contributed by atoms with Crippen LogP contribution in [0.15, 0.2) is 42.5 Å². The Hall–Kier alpha value is -3.02. The number of carbonyl (C=O) groups excluding carboxylic acids is 1. The van der Waals surface area contributed by atoms with Crippen LogP contribution in [0.5, 0.6) is 11.5 Å². The van der Waals surface area contributed by atoms with E-state index >= 15 is 0 Å². The fourth-order valence-electron chi connectivity index (χ4n) is 3.25. The maximum absolute atomic E-state index is 12.7. The predicted molar refractivity (Wildman–Crippen MR) is 99.7 cm³/mol. The van der Waals surface area contributed by atoms with Crippen LogP contribution in [0.2, 0.25) is 0 Å². The quantitative estimate of drug-likeness (QED) is 0.783. The molecule has 0 fully saturated rings. The van der Waals surface area contributed by atoms with Gasteiger partial charge in [0.15, 0.2) is 11.9 Å². The van der Waals surface area contributed by atoms with Gasteiger partial charge in [0.2, 0.25) is 0 Å². The van der Waals surface area contributed by atoms with Gasteiger partial charge in [-0.05, 0) is 37.6 Å². The molecule has 6 heteroatoms. The summed E-state index contributed by atoms with van der Waals surface area (Å²) in [5.74, 6) is 1.75. The van der Waals surface area contributed by atoms with E-state index in [1.165, 1.54) is 0 Å². The molecule has 1 atom stereocenters. The summed E-state index contributed by atoms with van der Waals surface area (Å²) >= 11 is 0. The third kappa shape index (κ3) is 2.87. The fourth-order valence-corrected chi connectivity index (χ4v) is 3.25. The van der Waals surface area contributed by atoms with E-state index in [2.05, 4.69) is 10.4 Å². The van der Waals surface area contributed by atoms with E-state index in [0.717, 1.165) is 22.2 Å². The molecule has 6 nitrogen and oxygen atoms in total. The van der Waals surface area contributed by atoms with E-state index in [4.69, 9.17) is 9.47 Å². The van der Waals surface area contributed by atoms with E-state index in [1.807, 2.05) is 63.4 Å². The maximum atomic E-state index is 12.7. The normalized spacial score (nSPS) is 15.8. The Kier molecular flexibility index (Phi) is 4.03. The second-order valence-corrected chi connectivity index (χ2v) is 6.70. The average Bonchev–Trinajstić information content (AvgIpc) is 3.17. The molecule has 26 heavy (non-hydrogen) atoms. The number of amides is 1. The van der Waals surface area contributed by atoms with Gasteiger partial charge in [-0.3, -0.25) is 9.48 Å². The zero-order chi connectivity index (χ0) is 18.3. The van der Waals surface area contributed by atoms with Crippen molar-refractivity contribution in [2.24, 2.45) is 7.05 Å². The van der Waals surface area contributed by atoms with Gasteiger partial charge in [-0.15, -0.1) is 0 Å². The lowest BCUT2D eigenvalue weighted by Crippen LogP contribution is -2.31. The summed E-state index contributed by atoms with van der Waals surface area (Å²) in [6.07, 6.45) is 0.0296. The van der Waals surface area contributed by atoms with Crippen LogP contribution in [0.25, 0.3) is 10.9 Å². The summed E-state index contributed by atoms with van der Waals surface area (Å²) < 4.78 is 13.4. The van der Waals surface area contributed by atoms with Crippen molar-refractivity contribution in [1.82, 2.24) is 9.78 Å². The van der Waals surface area contributed by atoms with Crippen molar-refractivity contribution in [1.29, 1.82) is 0 Å². The Bertz CT molecular complexity index is 953. The monoisotopic (exact) mass is 351 g/mol. The first kappa shape index (κ1) is 16.4. The molecule has 0 saturated heterocycles. The highest BCUT2D eigenvalue weighted by atomic mass is 16.5. The number of hydrogen-bond donors (Lipinski definition) is 1. The van der Waals surface area contributed by atoms with Crippen LogP contribution in [-0.4, -0.2) is 27.9 Å². The first-order valence-electron chi connectivity index (χ1n) is 8.70. The van der Waals surface area contributed by atoms with Gasteiger partial charge >= 0.3 is 0 Å². The number of aromatic nitrogens is 2. The molecule has 1 aliphatic rings. The van der Waals surface area contributed by atoms with Crippen LogP contribution in [-0.2, 0) is 18.3 Å². The molecule has 0 aliphatic carbocycles. The summed E-state index contributed by atoms with van der Waals surface area (Å²) in [4.78, 5) is 12.7. The third-order valence-corrected chi connectivity index (χ3v) is 4.38. The van der Waals surface area contributed by atoms with E-state index in [1.54, 1.807) is 4.68 Å². The molecule has 3 aromatic rings. The summed E-state index contributed by atoms with van der Waals surface area (Å²) in [5.41, 5.74) is 1.94. The standard InChI is InChI=1S/C20H21N3O3/c1-12(2)25-16-10-6-8-14-18(16)19(22-23(14)3)21-20(24)17-11-13-7-4-5-9-15(13)26-17/h4-10,12,17H,11H2,1-3H3,(H,21,22,24). The Morgan fingerprint density at radius 3 is 2.85 bits per heavy atom. The van der Waals surface area contributed by atoms with Crippen LogP contribution in [0.1, 0.15) is 19.4 Å². The number of nitrogens with one attached hydrogen (secondary N) is 1. The second-order valence-electron chi connectivity index (χ2n) is 6.70. The van der Waals surface area contributed by atoms with Crippen LogP contribution >= 0.6 is 0 Å². The fraction of sp³-hybridized carbons (Fsp3) is 0.300. The number of hydrogen-bond acceptors (Lipinski definition) is 4. The first-order valence-corrected chi connectivity index (χ1v) is 8.70. The summed E-state index contributed by atoms with van der Waals surface area (Å²) in [6, 6.07) is 13.5. The first-order chi connectivity index (χ1) is 12.5. The number of ether oxygens (including phenoxy) is 2. The zero-order valence-electron chi connectivity index (χ0n) is 15.0. The predicted octanol–water partition coefficient (Wildman–Crippen LogP) is 3.30. The highest BCUT2D eigenvalue weighted by Crippen LogP contribution is 2.33. The molecule has 1 unspecified atom stereocenters. The highest BCUT2D eigenvalue weighted by Gasteiger charge is 2.30. The minimum absolute atomic E-state index is 0.0250. The molecule has 0 spiro atoms. The molecule has 1 N–H and O–H groups in total. The molecule has 0 radical (unpaired) electrons. The summed E-state index contributed by atoms with van der Waals surface area (Å²) in [5, 5.41) is 8.19. The minimum atomic E-state index is -0.553. The number of aryl methyl sites for hydroxylation is 1. The molecule has 4 rings (SSSR count). The number of rotatable bonds is 4. The molecule has 1 amide bonds. The van der Waals surface area contributed by atoms with Crippen molar-refractivity contribution in [3.8, 4) is 11.5 Å². The summed E-state index contributed by atoms with van der Waals surface area (Å²) in [6.45, 7) is 3.94. The van der Waals surface area contributed by atoms with Crippen LogP contribution in [0.4, 0.5) is 5.82 Å². The van der Waals surface area contributed by atoms with E-state index in [0.29, 0.717) is 18.0 Å². The number of anilines is 1. The molecular weight excluding hydrogens is 330 g/mol. The Labute approximate surface area is 151 Å². The molecule has 134 valence electrons. The number of fused-ring (bicyclic) bond motifs is 2. The molecule has 2 heterocycles. The van der Waals surface area contributed by atoms with Gasteiger partial charge in [0.05, 0.1) is 17.0 Å². The van der Waals surface area contributed by atoms with Crippen molar-refractivity contribution in [3.63, 3.8) is 0 Å².